The van der Waals surface area contributed by atoms with Crippen LogP contribution >= 0.6 is 0 Å². The summed E-state index contributed by atoms with van der Waals surface area (Å²) in [4.78, 5) is 11.5. The van der Waals surface area contributed by atoms with Gasteiger partial charge in [0.05, 0.1) is 12.7 Å². The molecule has 1 aliphatic carbocycles. The van der Waals surface area contributed by atoms with E-state index in [1.54, 1.807) is 0 Å². The number of hydrogen-bond donors (Lipinski definition) is 0. The van der Waals surface area contributed by atoms with Crippen LogP contribution in [0.2, 0.25) is 0 Å². The van der Waals surface area contributed by atoms with Crippen molar-refractivity contribution in [3.63, 3.8) is 0 Å². The zero-order valence-corrected chi connectivity index (χ0v) is 8.59. The summed E-state index contributed by atoms with van der Waals surface area (Å²) in [6.45, 7) is 2.02. The Morgan fingerprint density at radius 1 is 1.36 bits per heavy atom. The highest BCUT2D eigenvalue weighted by Crippen LogP contribution is 2.27. The summed E-state index contributed by atoms with van der Waals surface area (Å²) in [5, 5.41) is 0. The molecule has 74 valence electrons. The topological polar surface area (TPSA) is 26.3 Å². The Bertz CT molecular complexity index is 380. The number of esters is 1. The van der Waals surface area contributed by atoms with Gasteiger partial charge in [0.15, 0.2) is 0 Å². The van der Waals surface area contributed by atoms with Crippen molar-refractivity contribution in [2.24, 2.45) is 0 Å². The second kappa shape index (κ2) is 3.45. The van der Waals surface area contributed by atoms with Crippen LogP contribution in [0, 0.1) is 6.92 Å². The maximum absolute atomic E-state index is 11.5. The van der Waals surface area contributed by atoms with E-state index in [1.165, 1.54) is 18.2 Å². The number of benzene rings is 1. The van der Waals surface area contributed by atoms with Crippen LogP contribution in [0.3, 0.4) is 0 Å². The molecule has 0 amide bonds. The van der Waals surface area contributed by atoms with Crippen molar-refractivity contribution < 1.29 is 9.53 Å². The first-order chi connectivity index (χ1) is 6.72. The van der Waals surface area contributed by atoms with Gasteiger partial charge in [-0.3, -0.25) is 0 Å². The Balaban J connectivity index is 2.54. The zero-order valence-electron chi connectivity index (χ0n) is 8.59. The molecule has 0 N–H and O–H groups in total. The van der Waals surface area contributed by atoms with E-state index in [-0.39, 0.29) is 5.97 Å². The second-order valence-corrected chi connectivity index (χ2v) is 3.80. The fraction of sp³-hybridized carbons (Fsp3) is 0.417. The van der Waals surface area contributed by atoms with Gasteiger partial charge >= 0.3 is 5.97 Å². The first-order valence-corrected chi connectivity index (χ1v) is 4.93. The minimum absolute atomic E-state index is 0.202. The third-order valence-corrected chi connectivity index (χ3v) is 2.76. The number of ether oxygens (including phenoxy) is 1. The molecule has 0 saturated carbocycles. The number of rotatable bonds is 1. The van der Waals surface area contributed by atoms with Crippen LogP contribution in [0.25, 0.3) is 0 Å². The molecular weight excluding hydrogens is 176 g/mol. The van der Waals surface area contributed by atoms with E-state index in [0.29, 0.717) is 0 Å². The van der Waals surface area contributed by atoms with Gasteiger partial charge in [0.25, 0.3) is 0 Å². The van der Waals surface area contributed by atoms with E-state index in [0.717, 1.165) is 30.4 Å². The predicted molar refractivity (Wildman–Crippen MR) is 54.5 cm³/mol. The van der Waals surface area contributed by atoms with Crippen LogP contribution in [0.15, 0.2) is 12.1 Å². The van der Waals surface area contributed by atoms with Gasteiger partial charge in [-0.15, -0.1) is 0 Å². The smallest absolute Gasteiger partial charge is 0.338 e. The lowest BCUT2D eigenvalue weighted by Gasteiger charge is -2.07. The molecule has 1 aliphatic rings. The molecule has 0 aromatic heterocycles. The molecule has 0 spiro atoms. The molecule has 14 heavy (non-hydrogen) atoms. The summed E-state index contributed by atoms with van der Waals surface area (Å²) in [6.07, 6.45) is 3.27. The van der Waals surface area contributed by atoms with Gasteiger partial charge in [-0.05, 0) is 48.9 Å². The summed E-state index contributed by atoms with van der Waals surface area (Å²) < 4.78 is 4.78. The van der Waals surface area contributed by atoms with E-state index >= 15 is 0 Å². The van der Waals surface area contributed by atoms with E-state index in [2.05, 4.69) is 6.07 Å². The van der Waals surface area contributed by atoms with Crippen LogP contribution in [-0.2, 0) is 17.6 Å². The van der Waals surface area contributed by atoms with E-state index in [1.807, 2.05) is 13.0 Å². The third-order valence-electron chi connectivity index (χ3n) is 2.76. The molecule has 1 aromatic carbocycles. The fourth-order valence-corrected chi connectivity index (χ4v) is 2.16. The standard InChI is InChI=1S/C12H14O2/c1-8-6-9-4-3-5-10(9)11(7-8)12(13)14-2/h6-7H,3-5H2,1-2H3. The molecule has 0 aliphatic heterocycles. The second-order valence-electron chi connectivity index (χ2n) is 3.80. The van der Waals surface area contributed by atoms with Crippen molar-refractivity contribution in [3.05, 3.63) is 34.4 Å². The first kappa shape index (κ1) is 9.25. The monoisotopic (exact) mass is 190 g/mol. The lowest BCUT2D eigenvalue weighted by atomic mass is 10.0. The highest BCUT2D eigenvalue weighted by Gasteiger charge is 2.19. The van der Waals surface area contributed by atoms with Crippen LogP contribution in [0.1, 0.15) is 33.5 Å². The van der Waals surface area contributed by atoms with E-state index in [9.17, 15) is 4.79 Å². The Kier molecular flexibility index (Phi) is 2.28. The summed E-state index contributed by atoms with van der Waals surface area (Å²) in [6, 6.07) is 4.10. The average Bonchev–Trinajstić information content (AvgIpc) is 2.62. The molecule has 0 unspecified atom stereocenters. The van der Waals surface area contributed by atoms with Crippen molar-refractivity contribution in [1.82, 2.24) is 0 Å². The number of carbonyl (C=O) groups excluding carboxylic acids is 1. The first-order valence-electron chi connectivity index (χ1n) is 4.93. The van der Waals surface area contributed by atoms with E-state index < -0.39 is 0 Å². The minimum Gasteiger partial charge on any atom is -0.465 e. The van der Waals surface area contributed by atoms with Gasteiger partial charge < -0.3 is 4.74 Å². The van der Waals surface area contributed by atoms with E-state index in [4.69, 9.17) is 4.74 Å². The van der Waals surface area contributed by atoms with Crippen LogP contribution < -0.4 is 0 Å². The highest BCUT2D eigenvalue weighted by molar-refractivity contribution is 5.91. The molecule has 0 radical (unpaired) electrons. The molecule has 1 aromatic rings. The molecule has 2 nitrogen and oxygen atoms in total. The van der Waals surface area contributed by atoms with Crippen molar-refractivity contribution in [2.75, 3.05) is 7.11 Å². The van der Waals surface area contributed by atoms with Crippen molar-refractivity contribution in [1.29, 1.82) is 0 Å². The average molecular weight is 190 g/mol. The number of methoxy groups -OCH3 is 1. The summed E-state index contributed by atoms with van der Waals surface area (Å²) in [5.74, 6) is -0.202. The Hall–Kier alpha value is -1.31. The number of hydrogen-bond acceptors (Lipinski definition) is 2. The summed E-state index contributed by atoms with van der Waals surface area (Å²) in [7, 11) is 1.44. The summed E-state index contributed by atoms with van der Waals surface area (Å²) in [5.41, 5.74) is 4.43. The highest BCUT2D eigenvalue weighted by atomic mass is 16.5. The number of carbonyl (C=O) groups is 1. The van der Waals surface area contributed by atoms with Gasteiger partial charge in [0.2, 0.25) is 0 Å². The SMILES string of the molecule is COC(=O)c1cc(C)cc2c1CCC2. The van der Waals surface area contributed by atoms with Gasteiger partial charge in [-0.25, -0.2) is 4.79 Å². The van der Waals surface area contributed by atoms with Crippen molar-refractivity contribution in [2.45, 2.75) is 26.2 Å². The van der Waals surface area contributed by atoms with Crippen LogP contribution in [0.4, 0.5) is 0 Å². The molecule has 0 bridgehead atoms. The molecule has 2 rings (SSSR count). The van der Waals surface area contributed by atoms with Crippen molar-refractivity contribution >= 4 is 5.97 Å². The van der Waals surface area contributed by atoms with Crippen molar-refractivity contribution in [3.8, 4) is 0 Å². The maximum Gasteiger partial charge on any atom is 0.338 e. The van der Waals surface area contributed by atoms with Gasteiger partial charge in [0, 0.05) is 0 Å². The molecule has 0 heterocycles. The Morgan fingerprint density at radius 3 is 2.86 bits per heavy atom. The van der Waals surface area contributed by atoms with Gasteiger partial charge in [-0.2, -0.15) is 0 Å². The number of fused-ring (bicyclic) bond motifs is 1. The molecule has 0 atom stereocenters. The van der Waals surface area contributed by atoms with Crippen LogP contribution in [0.5, 0.6) is 0 Å². The molecular formula is C12H14O2. The quantitative estimate of drug-likeness (QED) is 0.635. The molecule has 0 fully saturated rings. The Labute approximate surface area is 83.9 Å². The normalized spacial score (nSPS) is 13.9. The van der Waals surface area contributed by atoms with Crippen LogP contribution in [-0.4, -0.2) is 13.1 Å². The Morgan fingerprint density at radius 2 is 2.14 bits per heavy atom. The molecule has 0 saturated heterocycles. The molecule has 2 heteroatoms. The lowest BCUT2D eigenvalue weighted by Crippen LogP contribution is -2.06. The maximum atomic E-state index is 11.5. The van der Waals surface area contributed by atoms with Gasteiger partial charge in [-0.1, -0.05) is 6.07 Å². The minimum atomic E-state index is -0.202. The summed E-state index contributed by atoms with van der Waals surface area (Å²) >= 11 is 0. The fourth-order valence-electron chi connectivity index (χ4n) is 2.16. The van der Waals surface area contributed by atoms with Gasteiger partial charge in [0.1, 0.15) is 0 Å². The lowest BCUT2D eigenvalue weighted by molar-refractivity contribution is 0.0599. The number of aryl methyl sites for hydroxylation is 2. The third kappa shape index (κ3) is 1.41. The zero-order chi connectivity index (χ0) is 10.1. The predicted octanol–water partition coefficient (Wildman–Crippen LogP) is 2.27. The largest absolute Gasteiger partial charge is 0.465 e.